The number of ether oxygens (including phenoxy) is 2. The van der Waals surface area contributed by atoms with Crippen molar-refractivity contribution in [2.24, 2.45) is 0 Å². The van der Waals surface area contributed by atoms with Gasteiger partial charge in [0, 0.05) is 19.7 Å². The maximum absolute atomic E-state index is 6.13. The molecule has 4 rings (SSSR count). The van der Waals surface area contributed by atoms with Crippen LogP contribution in [0.2, 0.25) is 0 Å². The third kappa shape index (κ3) is 3.32. The summed E-state index contributed by atoms with van der Waals surface area (Å²) >= 11 is 0. The summed E-state index contributed by atoms with van der Waals surface area (Å²) in [5.41, 5.74) is 2.70. The standard InChI is InChI=1S/C20H23NO2/c1-3-7-16(8-4-1)20(17-9-5-2-6-10-17)21-13-19(14-21)23-18-11-12-22-15-18/h1-10,18-20H,11-15H2/t18-/m0/s1. The van der Waals surface area contributed by atoms with Gasteiger partial charge in [-0.05, 0) is 17.5 Å². The third-order valence-electron chi connectivity index (χ3n) is 4.74. The van der Waals surface area contributed by atoms with Crippen LogP contribution in [0, 0.1) is 0 Å². The minimum absolute atomic E-state index is 0.300. The van der Waals surface area contributed by atoms with Crippen molar-refractivity contribution >= 4 is 0 Å². The van der Waals surface area contributed by atoms with E-state index in [1.807, 2.05) is 0 Å². The molecule has 0 bridgehead atoms. The smallest absolute Gasteiger partial charge is 0.0835 e. The Morgan fingerprint density at radius 3 is 2.00 bits per heavy atom. The Kier molecular flexibility index (Phi) is 4.42. The van der Waals surface area contributed by atoms with Crippen LogP contribution >= 0.6 is 0 Å². The molecule has 0 saturated carbocycles. The molecule has 23 heavy (non-hydrogen) atoms. The number of rotatable bonds is 5. The van der Waals surface area contributed by atoms with E-state index in [4.69, 9.17) is 9.47 Å². The summed E-state index contributed by atoms with van der Waals surface area (Å²) in [6, 6.07) is 21.8. The lowest BCUT2D eigenvalue weighted by atomic mass is 9.94. The van der Waals surface area contributed by atoms with Crippen LogP contribution in [0.3, 0.4) is 0 Å². The molecule has 3 heteroatoms. The molecule has 3 nitrogen and oxygen atoms in total. The van der Waals surface area contributed by atoms with Crippen LogP contribution in [0.4, 0.5) is 0 Å². The third-order valence-corrected chi connectivity index (χ3v) is 4.74. The molecule has 0 aliphatic carbocycles. The van der Waals surface area contributed by atoms with E-state index in [2.05, 4.69) is 65.6 Å². The van der Waals surface area contributed by atoms with Crippen LogP contribution < -0.4 is 0 Å². The van der Waals surface area contributed by atoms with Crippen LogP contribution in [0.15, 0.2) is 60.7 Å². The van der Waals surface area contributed by atoms with E-state index in [1.54, 1.807) is 0 Å². The SMILES string of the molecule is c1ccc(C(c2ccccc2)N2CC(O[C@H]3CCOC3)C2)cc1. The maximum atomic E-state index is 6.13. The zero-order valence-electron chi connectivity index (χ0n) is 13.3. The zero-order valence-corrected chi connectivity index (χ0v) is 13.3. The number of likely N-dealkylation sites (tertiary alicyclic amines) is 1. The van der Waals surface area contributed by atoms with Crippen molar-refractivity contribution in [1.82, 2.24) is 4.90 Å². The predicted octanol–water partition coefficient (Wildman–Crippen LogP) is 3.27. The fourth-order valence-electron chi connectivity index (χ4n) is 3.54. The average molecular weight is 309 g/mol. The lowest BCUT2D eigenvalue weighted by molar-refractivity contribution is -0.101. The van der Waals surface area contributed by atoms with E-state index in [1.165, 1.54) is 11.1 Å². The van der Waals surface area contributed by atoms with E-state index in [0.29, 0.717) is 18.2 Å². The van der Waals surface area contributed by atoms with E-state index >= 15 is 0 Å². The van der Waals surface area contributed by atoms with Gasteiger partial charge in [-0.25, -0.2) is 0 Å². The highest BCUT2D eigenvalue weighted by Gasteiger charge is 2.36. The fraction of sp³-hybridized carbons (Fsp3) is 0.400. The highest BCUT2D eigenvalue weighted by atomic mass is 16.6. The van der Waals surface area contributed by atoms with Gasteiger partial charge in [0.15, 0.2) is 0 Å². The first kappa shape index (κ1) is 14.9. The Morgan fingerprint density at radius 1 is 0.870 bits per heavy atom. The van der Waals surface area contributed by atoms with Crippen molar-refractivity contribution in [3.63, 3.8) is 0 Å². The van der Waals surface area contributed by atoms with Crippen LogP contribution in [0.1, 0.15) is 23.6 Å². The van der Waals surface area contributed by atoms with Gasteiger partial charge in [0.1, 0.15) is 0 Å². The topological polar surface area (TPSA) is 21.7 Å². The van der Waals surface area contributed by atoms with Gasteiger partial charge in [0.25, 0.3) is 0 Å². The number of nitrogens with zero attached hydrogens (tertiary/aromatic N) is 1. The van der Waals surface area contributed by atoms with Crippen molar-refractivity contribution in [3.05, 3.63) is 71.8 Å². The molecule has 0 radical (unpaired) electrons. The predicted molar refractivity (Wildman–Crippen MR) is 90.4 cm³/mol. The van der Waals surface area contributed by atoms with Gasteiger partial charge in [0.2, 0.25) is 0 Å². The van der Waals surface area contributed by atoms with Gasteiger partial charge in [-0.15, -0.1) is 0 Å². The summed E-state index contributed by atoms with van der Waals surface area (Å²) in [5, 5.41) is 0. The molecule has 120 valence electrons. The monoisotopic (exact) mass is 309 g/mol. The average Bonchev–Trinajstić information content (AvgIpc) is 3.08. The van der Waals surface area contributed by atoms with E-state index in [0.717, 1.165) is 32.7 Å². The van der Waals surface area contributed by atoms with Crippen LogP contribution in [0.25, 0.3) is 0 Å². The molecular weight excluding hydrogens is 286 g/mol. The molecule has 2 heterocycles. The summed E-state index contributed by atoms with van der Waals surface area (Å²) in [4.78, 5) is 2.51. The Labute approximate surface area is 137 Å². The lowest BCUT2D eigenvalue weighted by Gasteiger charge is -2.45. The largest absolute Gasteiger partial charge is 0.379 e. The van der Waals surface area contributed by atoms with Gasteiger partial charge in [-0.1, -0.05) is 60.7 Å². The molecule has 0 unspecified atom stereocenters. The molecule has 2 aromatic carbocycles. The van der Waals surface area contributed by atoms with Crippen molar-refractivity contribution in [2.45, 2.75) is 24.7 Å². The Bertz CT molecular complexity index is 565. The number of hydrogen-bond donors (Lipinski definition) is 0. The maximum Gasteiger partial charge on any atom is 0.0835 e. The van der Waals surface area contributed by atoms with Gasteiger partial charge in [0.05, 0.1) is 24.9 Å². The molecule has 0 aromatic heterocycles. The molecule has 2 aliphatic rings. The highest BCUT2D eigenvalue weighted by Crippen LogP contribution is 2.33. The van der Waals surface area contributed by atoms with E-state index < -0.39 is 0 Å². The second kappa shape index (κ2) is 6.83. The quantitative estimate of drug-likeness (QED) is 0.846. The highest BCUT2D eigenvalue weighted by molar-refractivity contribution is 5.32. The zero-order chi connectivity index (χ0) is 15.5. The molecule has 0 amide bonds. The van der Waals surface area contributed by atoms with Crippen LogP contribution in [-0.2, 0) is 9.47 Å². The van der Waals surface area contributed by atoms with Gasteiger partial charge < -0.3 is 9.47 Å². The summed E-state index contributed by atoms with van der Waals surface area (Å²) in [6.45, 7) is 3.59. The summed E-state index contributed by atoms with van der Waals surface area (Å²) in [6.07, 6.45) is 1.68. The van der Waals surface area contributed by atoms with E-state index in [-0.39, 0.29) is 0 Å². The first-order valence-electron chi connectivity index (χ1n) is 8.47. The van der Waals surface area contributed by atoms with Crippen molar-refractivity contribution in [2.75, 3.05) is 26.3 Å². The first-order chi connectivity index (χ1) is 11.4. The first-order valence-corrected chi connectivity index (χ1v) is 8.47. The molecule has 2 aromatic rings. The fourth-order valence-corrected chi connectivity index (χ4v) is 3.54. The Morgan fingerprint density at radius 2 is 1.48 bits per heavy atom. The van der Waals surface area contributed by atoms with Crippen molar-refractivity contribution in [3.8, 4) is 0 Å². The van der Waals surface area contributed by atoms with Crippen molar-refractivity contribution in [1.29, 1.82) is 0 Å². The van der Waals surface area contributed by atoms with Crippen molar-refractivity contribution < 1.29 is 9.47 Å². The normalized spacial score (nSPS) is 22.4. The van der Waals surface area contributed by atoms with Crippen LogP contribution in [0.5, 0.6) is 0 Å². The Hall–Kier alpha value is -1.68. The van der Waals surface area contributed by atoms with Gasteiger partial charge in [-0.3, -0.25) is 4.90 Å². The summed E-state index contributed by atoms with van der Waals surface area (Å²) < 4.78 is 11.5. The Balaban J connectivity index is 1.47. The second-order valence-corrected chi connectivity index (χ2v) is 6.42. The molecule has 0 N–H and O–H groups in total. The molecule has 2 fully saturated rings. The molecule has 2 saturated heterocycles. The lowest BCUT2D eigenvalue weighted by Crippen LogP contribution is -2.54. The minimum atomic E-state index is 0.300. The molecular formula is C20H23NO2. The van der Waals surface area contributed by atoms with E-state index in [9.17, 15) is 0 Å². The summed E-state index contributed by atoms with van der Waals surface area (Å²) in [7, 11) is 0. The van der Waals surface area contributed by atoms with Gasteiger partial charge in [-0.2, -0.15) is 0 Å². The molecule has 2 aliphatic heterocycles. The van der Waals surface area contributed by atoms with Gasteiger partial charge >= 0.3 is 0 Å². The van der Waals surface area contributed by atoms with Crippen LogP contribution in [-0.4, -0.2) is 43.4 Å². The molecule has 1 atom stereocenters. The minimum Gasteiger partial charge on any atom is -0.379 e. The number of hydrogen-bond acceptors (Lipinski definition) is 3. The number of benzene rings is 2. The summed E-state index contributed by atoms with van der Waals surface area (Å²) in [5.74, 6) is 0. The second-order valence-electron chi connectivity index (χ2n) is 6.42. The molecule has 0 spiro atoms.